The molecular weight excluding hydrogens is 534 g/mol. The third-order valence-corrected chi connectivity index (χ3v) is 9.08. The number of aromatic amines is 1. The molecule has 3 fully saturated rings. The standard InChI is InChI=1S/C31H29N7O4/c39-26-6-5-25(29(40)35-26)38-30(41)20-4-3-18(13-22(20)31(38)42)34-14-16-11-19(12-16)37-15-23(27(36-37)17-1-2-17)28-21-7-9-32-24(21)8-10-33-28/h3-4,7-10,13,15-17,19,25,32,34H,1-2,5-6,11-12,14H2,(H,35,39,40)/t16-,19-,25?. The second-order valence-electron chi connectivity index (χ2n) is 11.9. The molecule has 3 aromatic heterocycles. The highest BCUT2D eigenvalue weighted by Gasteiger charge is 2.44. The van der Waals surface area contributed by atoms with Crippen molar-refractivity contribution in [1.82, 2.24) is 30.0 Å². The molecule has 8 rings (SSSR count). The van der Waals surface area contributed by atoms with E-state index in [4.69, 9.17) is 10.1 Å². The highest BCUT2D eigenvalue weighted by molar-refractivity contribution is 6.23. The molecular formula is C31H29N7O4. The van der Waals surface area contributed by atoms with Gasteiger partial charge < -0.3 is 10.3 Å². The molecule has 11 heteroatoms. The largest absolute Gasteiger partial charge is 0.385 e. The van der Waals surface area contributed by atoms with Crippen molar-refractivity contribution >= 4 is 40.2 Å². The molecule has 0 radical (unpaired) electrons. The Balaban J connectivity index is 0.931. The van der Waals surface area contributed by atoms with Crippen molar-refractivity contribution in [1.29, 1.82) is 0 Å². The monoisotopic (exact) mass is 563 g/mol. The highest BCUT2D eigenvalue weighted by atomic mass is 16.2. The van der Waals surface area contributed by atoms with E-state index in [1.165, 1.54) is 12.8 Å². The first-order chi connectivity index (χ1) is 20.4. The molecule has 11 nitrogen and oxygen atoms in total. The van der Waals surface area contributed by atoms with Crippen molar-refractivity contribution in [2.75, 3.05) is 11.9 Å². The summed E-state index contributed by atoms with van der Waals surface area (Å²) < 4.78 is 2.13. The average molecular weight is 564 g/mol. The summed E-state index contributed by atoms with van der Waals surface area (Å²) in [5.74, 6) is -1.03. The van der Waals surface area contributed by atoms with Crippen molar-refractivity contribution < 1.29 is 19.2 Å². The van der Waals surface area contributed by atoms with Crippen LogP contribution >= 0.6 is 0 Å². The zero-order chi connectivity index (χ0) is 28.5. The lowest BCUT2D eigenvalue weighted by molar-refractivity contribution is -0.136. The van der Waals surface area contributed by atoms with E-state index < -0.39 is 23.8 Å². The molecule has 1 atom stereocenters. The number of imide groups is 2. The number of anilines is 1. The summed E-state index contributed by atoms with van der Waals surface area (Å²) in [6, 6.07) is 8.55. The number of H-pyrrole nitrogens is 1. The van der Waals surface area contributed by atoms with Gasteiger partial charge >= 0.3 is 0 Å². The number of piperidine rings is 1. The molecule has 42 heavy (non-hydrogen) atoms. The molecule has 1 unspecified atom stereocenters. The summed E-state index contributed by atoms with van der Waals surface area (Å²) in [7, 11) is 0. The number of nitrogens with zero attached hydrogens (tertiary/aromatic N) is 4. The SMILES string of the molecule is O=C1CCC(N2C(=O)c3ccc(NC[C@H]4C[C@H](n5cc(-c6nccc7[nH]ccc67)c(C6CC6)n5)C4)cc3C2=O)C(=O)N1. The summed E-state index contributed by atoms with van der Waals surface area (Å²) in [6.45, 7) is 0.738. The molecule has 4 aromatic rings. The molecule has 2 aliphatic heterocycles. The molecule has 4 amide bonds. The predicted octanol–water partition coefficient (Wildman–Crippen LogP) is 3.77. The number of benzene rings is 1. The van der Waals surface area contributed by atoms with Gasteiger partial charge in [0.25, 0.3) is 11.8 Å². The molecule has 4 aliphatic rings. The van der Waals surface area contributed by atoms with Gasteiger partial charge in [0, 0.05) is 59.6 Å². The van der Waals surface area contributed by atoms with Crippen LogP contribution in [0.3, 0.4) is 0 Å². The Morgan fingerprint density at radius 2 is 1.79 bits per heavy atom. The summed E-state index contributed by atoms with van der Waals surface area (Å²) in [5.41, 5.74) is 5.67. The fourth-order valence-corrected chi connectivity index (χ4v) is 6.56. The minimum atomic E-state index is -0.964. The van der Waals surface area contributed by atoms with E-state index in [1.807, 2.05) is 18.5 Å². The lowest BCUT2D eigenvalue weighted by Crippen LogP contribution is -2.54. The fourth-order valence-electron chi connectivity index (χ4n) is 6.56. The van der Waals surface area contributed by atoms with Crippen LogP contribution in [0.15, 0.2) is 48.9 Å². The second-order valence-corrected chi connectivity index (χ2v) is 11.9. The molecule has 2 aliphatic carbocycles. The third kappa shape index (κ3) is 4.02. The average Bonchev–Trinajstić information content (AvgIpc) is 3.43. The van der Waals surface area contributed by atoms with Crippen LogP contribution in [0.2, 0.25) is 0 Å². The van der Waals surface area contributed by atoms with Gasteiger partial charge in [0.05, 0.1) is 28.6 Å². The Morgan fingerprint density at radius 3 is 2.60 bits per heavy atom. The van der Waals surface area contributed by atoms with Gasteiger partial charge in [-0.15, -0.1) is 0 Å². The first kappa shape index (κ1) is 25.0. The van der Waals surface area contributed by atoms with E-state index in [-0.39, 0.29) is 29.9 Å². The maximum absolute atomic E-state index is 13.1. The number of amides is 4. The zero-order valence-electron chi connectivity index (χ0n) is 22.8. The van der Waals surface area contributed by atoms with E-state index in [1.54, 1.807) is 18.2 Å². The van der Waals surface area contributed by atoms with Crippen molar-refractivity contribution in [3.8, 4) is 11.3 Å². The minimum Gasteiger partial charge on any atom is -0.385 e. The van der Waals surface area contributed by atoms with Crippen molar-refractivity contribution in [2.24, 2.45) is 5.92 Å². The molecule has 1 saturated heterocycles. The van der Waals surface area contributed by atoms with E-state index in [2.05, 4.69) is 32.6 Å². The fraction of sp³-hybridized carbons (Fsp3) is 0.355. The molecule has 5 heterocycles. The number of nitrogens with one attached hydrogen (secondary N) is 3. The van der Waals surface area contributed by atoms with E-state index in [9.17, 15) is 19.2 Å². The van der Waals surface area contributed by atoms with Gasteiger partial charge in [0.15, 0.2) is 0 Å². The Bertz CT molecular complexity index is 1800. The van der Waals surface area contributed by atoms with Crippen molar-refractivity contribution in [3.05, 3.63) is 65.7 Å². The summed E-state index contributed by atoms with van der Waals surface area (Å²) >= 11 is 0. The second kappa shape index (κ2) is 9.37. The number of hydrogen-bond donors (Lipinski definition) is 3. The van der Waals surface area contributed by atoms with E-state index in [0.29, 0.717) is 17.9 Å². The number of carbonyl (C=O) groups excluding carboxylic acids is 4. The number of carbonyl (C=O) groups is 4. The van der Waals surface area contributed by atoms with Gasteiger partial charge in [-0.1, -0.05) is 0 Å². The normalized spacial score (nSPS) is 23.7. The Labute approximate surface area is 240 Å². The topological polar surface area (TPSA) is 142 Å². The number of aromatic nitrogens is 4. The molecule has 0 spiro atoms. The van der Waals surface area contributed by atoms with Gasteiger partial charge in [-0.3, -0.25) is 39.1 Å². The van der Waals surface area contributed by atoms with Crippen molar-refractivity contribution in [3.63, 3.8) is 0 Å². The lowest BCUT2D eigenvalue weighted by Gasteiger charge is -2.35. The number of pyridine rings is 1. The first-order valence-electron chi connectivity index (χ1n) is 14.6. The number of rotatable bonds is 7. The van der Waals surface area contributed by atoms with Crippen LogP contribution in [-0.4, -0.2) is 60.9 Å². The maximum atomic E-state index is 13.1. The minimum absolute atomic E-state index is 0.0979. The quantitative estimate of drug-likeness (QED) is 0.291. The van der Waals surface area contributed by atoms with Crippen LogP contribution in [0.1, 0.15) is 76.9 Å². The van der Waals surface area contributed by atoms with Crippen LogP contribution in [0.5, 0.6) is 0 Å². The molecule has 1 aromatic carbocycles. The van der Waals surface area contributed by atoms with E-state index >= 15 is 0 Å². The van der Waals surface area contributed by atoms with Gasteiger partial charge in [-0.25, -0.2) is 0 Å². The smallest absolute Gasteiger partial charge is 0.262 e. The summed E-state index contributed by atoms with van der Waals surface area (Å²) in [5, 5.41) is 11.8. The maximum Gasteiger partial charge on any atom is 0.262 e. The van der Waals surface area contributed by atoms with Crippen LogP contribution in [0.25, 0.3) is 22.2 Å². The van der Waals surface area contributed by atoms with Crippen molar-refractivity contribution in [2.45, 2.75) is 56.5 Å². The first-order valence-corrected chi connectivity index (χ1v) is 14.6. The molecule has 0 bridgehead atoms. The Hall–Kier alpha value is -4.80. The molecule has 3 N–H and O–H groups in total. The summed E-state index contributed by atoms with van der Waals surface area (Å²) in [4.78, 5) is 58.9. The molecule has 2 saturated carbocycles. The Kier molecular flexibility index (Phi) is 5.56. The van der Waals surface area contributed by atoms with Gasteiger partial charge in [0.2, 0.25) is 11.8 Å². The van der Waals surface area contributed by atoms with Crippen LogP contribution < -0.4 is 10.6 Å². The van der Waals surface area contributed by atoms with E-state index in [0.717, 1.165) is 57.8 Å². The number of hydrogen-bond acceptors (Lipinski definition) is 7. The van der Waals surface area contributed by atoms with Crippen LogP contribution in [-0.2, 0) is 9.59 Å². The number of fused-ring (bicyclic) bond motifs is 2. The predicted molar refractivity (Wildman–Crippen MR) is 153 cm³/mol. The van der Waals surface area contributed by atoms with Gasteiger partial charge in [-0.2, -0.15) is 5.10 Å². The Morgan fingerprint density at radius 1 is 0.952 bits per heavy atom. The summed E-state index contributed by atoms with van der Waals surface area (Å²) in [6.07, 6.45) is 10.5. The highest BCUT2D eigenvalue weighted by Crippen LogP contribution is 2.46. The third-order valence-electron chi connectivity index (χ3n) is 9.08. The van der Waals surface area contributed by atoms with Gasteiger partial charge in [0.1, 0.15) is 6.04 Å². The molecule has 212 valence electrons. The van der Waals surface area contributed by atoms with Crippen LogP contribution in [0.4, 0.5) is 5.69 Å². The zero-order valence-corrected chi connectivity index (χ0v) is 22.8. The van der Waals surface area contributed by atoms with Crippen LogP contribution in [0, 0.1) is 5.92 Å². The van der Waals surface area contributed by atoms with Gasteiger partial charge in [-0.05, 0) is 68.4 Å². The lowest BCUT2D eigenvalue weighted by atomic mass is 9.80.